The zero-order valence-corrected chi connectivity index (χ0v) is 18.0. The molecule has 0 aliphatic carbocycles. The van der Waals surface area contributed by atoms with Gasteiger partial charge in [0, 0.05) is 56.9 Å². The molecule has 1 aliphatic rings. The van der Waals surface area contributed by atoms with E-state index in [1.807, 2.05) is 18.3 Å². The Kier molecular flexibility index (Phi) is 9.04. The molecule has 0 bridgehead atoms. The van der Waals surface area contributed by atoms with Crippen molar-refractivity contribution in [2.24, 2.45) is 0 Å². The van der Waals surface area contributed by atoms with E-state index >= 15 is 0 Å². The molecule has 2 amide bonds. The number of carbonyl (C=O) groups is 2. The van der Waals surface area contributed by atoms with Crippen LogP contribution in [0.4, 0.5) is 5.69 Å². The maximum atomic E-state index is 12.7. The molecule has 0 saturated carbocycles. The molecule has 0 radical (unpaired) electrons. The van der Waals surface area contributed by atoms with Crippen LogP contribution in [0.5, 0.6) is 5.75 Å². The van der Waals surface area contributed by atoms with Crippen molar-refractivity contribution in [1.82, 2.24) is 20.1 Å². The van der Waals surface area contributed by atoms with Gasteiger partial charge in [0.05, 0.1) is 20.2 Å². The van der Waals surface area contributed by atoms with Crippen molar-refractivity contribution in [1.29, 1.82) is 0 Å². The van der Waals surface area contributed by atoms with E-state index in [0.29, 0.717) is 11.4 Å². The second-order valence-corrected chi connectivity index (χ2v) is 7.01. The number of hydrogen-bond acceptors (Lipinski definition) is 6. The van der Waals surface area contributed by atoms with Gasteiger partial charge in [0.25, 0.3) is 0 Å². The lowest BCUT2D eigenvalue weighted by Gasteiger charge is -2.36. The summed E-state index contributed by atoms with van der Waals surface area (Å²) < 4.78 is 5.16. The SMILES string of the molecule is COc1cccc(NC(=O)CN(C)C(=O)CN2CCNCC2c2cccnc2)c1.Cl. The van der Waals surface area contributed by atoms with Crippen LogP contribution in [-0.4, -0.2) is 73.5 Å². The van der Waals surface area contributed by atoms with E-state index in [9.17, 15) is 9.59 Å². The number of nitrogens with zero attached hydrogens (tertiary/aromatic N) is 3. The normalized spacial score (nSPS) is 16.3. The summed E-state index contributed by atoms with van der Waals surface area (Å²) >= 11 is 0. The standard InChI is InChI=1S/C21H27N5O3.ClH/c1-25(14-20(27)24-17-6-3-7-18(11-17)29-2)21(28)15-26-10-9-23-13-19(26)16-5-4-8-22-12-16;/h3-8,11-12,19,23H,9-10,13-15H2,1-2H3,(H,24,27);1H. The number of piperazine rings is 1. The number of aromatic nitrogens is 1. The molecular weight excluding hydrogens is 406 g/mol. The Morgan fingerprint density at radius 3 is 2.90 bits per heavy atom. The molecule has 162 valence electrons. The summed E-state index contributed by atoms with van der Waals surface area (Å²) in [5, 5.41) is 6.16. The van der Waals surface area contributed by atoms with E-state index in [2.05, 4.69) is 20.5 Å². The number of ether oxygens (including phenoxy) is 1. The Labute approximate surface area is 183 Å². The number of hydrogen-bond donors (Lipinski definition) is 2. The van der Waals surface area contributed by atoms with Crippen LogP contribution < -0.4 is 15.4 Å². The number of pyridine rings is 1. The highest BCUT2D eigenvalue weighted by molar-refractivity contribution is 5.94. The molecule has 3 rings (SSSR count). The first kappa shape index (κ1) is 23.6. The average Bonchev–Trinajstić information content (AvgIpc) is 2.74. The maximum absolute atomic E-state index is 12.7. The van der Waals surface area contributed by atoms with Crippen LogP contribution >= 0.6 is 12.4 Å². The van der Waals surface area contributed by atoms with Crippen molar-refractivity contribution in [3.8, 4) is 5.75 Å². The lowest BCUT2D eigenvalue weighted by atomic mass is 10.1. The number of anilines is 1. The van der Waals surface area contributed by atoms with E-state index in [0.717, 1.165) is 25.2 Å². The first-order valence-electron chi connectivity index (χ1n) is 9.59. The van der Waals surface area contributed by atoms with Crippen molar-refractivity contribution in [3.63, 3.8) is 0 Å². The summed E-state index contributed by atoms with van der Waals surface area (Å²) in [7, 11) is 3.22. The van der Waals surface area contributed by atoms with Gasteiger partial charge in [-0.2, -0.15) is 0 Å². The van der Waals surface area contributed by atoms with Gasteiger partial charge in [0.2, 0.25) is 11.8 Å². The van der Waals surface area contributed by atoms with Gasteiger partial charge < -0.3 is 20.3 Å². The molecule has 1 aromatic carbocycles. The molecule has 2 aromatic rings. The van der Waals surface area contributed by atoms with Crippen LogP contribution in [0.25, 0.3) is 0 Å². The van der Waals surface area contributed by atoms with Crippen molar-refractivity contribution < 1.29 is 14.3 Å². The third kappa shape index (κ3) is 6.41. The second kappa shape index (κ2) is 11.5. The Hall–Kier alpha value is -2.68. The minimum atomic E-state index is -0.252. The topological polar surface area (TPSA) is 86.8 Å². The van der Waals surface area contributed by atoms with E-state index in [1.54, 1.807) is 44.6 Å². The monoisotopic (exact) mass is 433 g/mol. The van der Waals surface area contributed by atoms with Crippen molar-refractivity contribution >= 4 is 29.9 Å². The summed E-state index contributed by atoms with van der Waals surface area (Å²) in [5.41, 5.74) is 1.71. The number of nitrogens with one attached hydrogen (secondary N) is 2. The molecule has 9 heteroatoms. The van der Waals surface area contributed by atoms with Gasteiger partial charge in [-0.3, -0.25) is 19.5 Å². The Bertz CT molecular complexity index is 836. The number of amides is 2. The molecule has 1 atom stereocenters. The lowest BCUT2D eigenvalue weighted by Crippen LogP contribution is -2.50. The molecular formula is C21H28ClN5O3. The van der Waals surface area contributed by atoms with E-state index in [4.69, 9.17) is 4.74 Å². The highest BCUT2D eigenvalue weighted by Gasteiger charge is 2.27. The Balaban J connectivity index is 0.00000320. The Morgan fingerprint density at radius 2 is 2.17 bits per heavy atom. The van der Waals surface area contributed by atoms with Crippen LogP contribution in [-0.2, 0) is 9.59 Å². The fraction of sp³-hybridized carbons (Fsp3) is 0.381. The number of halogens is 1. The first-order valence-corrected chi connectivity index (χ1v) is 9.59. The van der Waals surface area contributed by atoms with Gasteiger partial charge in [-0.1, -0.05) is 12.1 Å². The largest absolute Gasteiger partial charge is 0.497 e. The second-order valence-electron chi connectivity index (χ2n) is 7.01. The van der Waals surface area contributed by atoms with Crippen molar-refractivity contribution in [2.75, 3.05) is 52.2 Å². The molecule has 2 N–H and O–H groups in total. The summed E-state index contributed by atoms with van der Waals surface area (Å²) in [6.45, 7) is 2.59. The minimum Gasteiger partial charge on any atom is -0.497 e. The lowest BCUT2D eigenvalue weighted by molar-refractivity contribution is -0.135. The smallest absolute Gasteiger partial charge is 0.243 e. The van der Waals surface area contributed by atoms with Crippen molar-refractivity contribution in [3.05, 3.63) is 54.4 Å². The quantitative estimate of drug-likeness (QED) is 0.689. The summed E-state index contributed by atoms with van der Waals surface area (Å²) in [4.78, 5) is 32.8. The van der Waals surface area contributed by atoms with Crippen LogP contribution in [0.2, 0.25) is 0 Å². The predicted molar refractivity (Wildman–Crippen MR) is 118 cm³/mol. The number of carbonyl (C=O) groups excluding carboxylic acids is 2. The van der Waals surface area contributed by atoms with Gasteiger partial charge in [-0.15, -0.1) is 12.4 Å². The van der Waals surface area contributed by atoms with Gasteiger partial charge in [-0.25, -0.2) is 0 Å². The summed E-state index contributed by atoms with van der Waals surface area (Å²) in [6, 6.07) is 11.1. The first-order chi connectivity index (χ1) is 14.1. The predicted octanol–water partition coefficient (Wildman–Crippen LogP) is 1.56. The van der Waals surface area contributed by atoms with Crippen LogP contribution in [0.1, 0.15) is 11.6 Å². The van der Waals surface area contributed by atoms with E-state index < -0.39 is 0 Å². The average molecular weight is 434 g/mol. The van der Waals surface area contributed by atoms with Crippen LogP contribution in [0.3, 0.4) is 0 Å². The molecule has 8 nitrogen and oxygen atoms in total. The fourth-order valence-corrected chi connectivity index (χ4v) is 3.34. The third-order valence-electron chi connectivity index (χ3n) is 4.92. The molecule has 2 heterocycles. The van der Waals surface area contributed by atoms with Gasteiger partial charge in [-0.05, 0) is 23.8 Å². The highest BCUT2D eigenvalue weighted by atomic mass is 35.5. The van der Waals surface area contributed by atoms with Gasteiger partial charge in [0.15, 0.2) is 0 Å². The molecule has 0 spiro atoms. The number of rotatable bonds is 7. The van der Waals surface area contributed by atoms with Crippen LogP contribution in [0, 0.1) is 0 Å². The molecule has 1 unspecified atom stereocenters. The molecule has 1 fully saturated rings. The Morgan fingerprint density at radius 1 is 1.33 bits per heavy atom. The summed E-state index contributed by atoms with van der Waals surface area (Å²) in [5.74, 6) is 0.312. The van der Waals surface area contributed by atoms with Crippen molar-refractivity contribution in [2.45, 2.75) is 6.04 Å². The number of likely N-dealkylation sites (N-methyl/N-ethyl adjacent to an activating group) is 1. The summed E-state index contributed by atoms with van der Waals surface area (Å²) in [6.07, 6.45) is 3.57. The number of benzene rings is 1. The molecule has 30 heavy (non-hydrogen) atoms. The maximum Gasteiger partial charge on any atom is 0.243 e. The minimum absolute atomic E-state index is 0. The van der Waals surface area contributed by atoms with E-state index in [1.165, 1.54) is 4.90 Å². The van der Waals surface area contributed by atoms with Gasteiger partial charge in [0.1, 0.15) is 5.75 Å². The van der Waals surface area contributed by atoms with E-state index in [-0.39, 0.29) is 43.4 Å². The number of methoxy groups -OCH3 is 1. The zero-order valence-electron chi connectivity index (χ0n) is 17.2. The zero-order chi connectivity index (χ0) is 20.6. The van der Waals surface area contributed by atoms with Crippen LogP contribution in [0.15, 0.2) is 48.8 Å². The third-order valence-corrected chi connectivity index (χ3v) is 4.92. The highest BCUT2D eigenvalue weighted by Crippen LogP contribution is 2.21. The molecule has 1 aliphatic heterocycles. The fourth-order valence-electron chi connectivity index (χ4n) is 3.34. The van der Waals surface area contributed by atoms with Gasteiger partial charge >= 0.3 is 0 Å². The molecule has 1 saturated heterocycles. The molecule has 1 aromatic heterocycles.